The van der Waals surface area contributed by atoms with Gasteiger partial charge in [0.25, 0.3) is 0 Å². The van der Waals surface area contributed by atoms with Crippen LogP contribution in [-0.2, 0) is 14.3 Å². The van der Waals surface area contributed by atoms with Crippen LogP contribution in [0.3, 0.4) is 0 Å². The van der Waals surface area contributed by atoms with Gasteiger partial charge in [-0.15, -0.1) is 6.42 Å². The van der Waals surface area contributed by atoms with Gasteiger partial charge in [-0.2, -0.15) is 0 Å². The highest BCUT2D eigenvalue weighted by atomic mass is 16.6. The number of carbonyl (C=O) groups excluding carboxylic acids is 1. The second-order valence-electron chi connectivity index (χ2n) is 6.40. The van der Waals surface area contributed by atoms with Crippen LogP contribution >= 0.6 is 0 Å². The molecule has 1 saturated carbocycles. The zero-order valence-corrected chi connectivity index (χ0v) is 12.7. The first-order valence-electron chi connectivity index (χ1n) is 6.96. The van der Waals surface area contributed by atoms with E-state index in [1.165, 1.54) is 19.6 Å². The van der Waals surface area contributed by atoms with Crippen LogP contribution in [0.15, 0.2) is 23.8 Å². The van der Waals surface area contributed by atoms with E-state index in [-0.39, 0.29) is 16.6 Å². The number of rotatable bonds is 3. The fraction of sp³-hybridized carbons (Fsp3) is 0.588. The Morgan fingerprint density at radius 3 is 2.60 bits per heavy atom. The van der Waals surface area contributed by atoms with Gasteiger partial charge in [0.2, 0.25) is 0 Å². The van der Waals surface area contributed by atoms with Crippen LogP contribution in [0, 0.1) is 17.8 Å². The third-order valence-electron chi connectivity index (χ3n) is 4.75. The largest absolute Gasteiger partial charge is 0.465 e. The average Bonchev–Trinajstić information content (AvgIpc) is 3.01. The summed E-state index contributed by atoms with van der Waals surface area (Å²) in [4.78, 5) is 11.7. The minimum absolute atomic E-state index is 0.0495. The van der Waals surface area contributed by atoms with Gasteiger partial charge in [0.05, 0.1) is 18.3 Å². The van der Waals surface area contributed by atoms with E-state index >= 15 is 0 Å². The number of fused-ring (bicyclic) bond motifs is 1. The first-order chi connectivity index (χ1) is 9.32. The lowest BCUT2D eigenvalue weighted by atomic mass is 9.64. The van der Waals surface area contributed by atoms with Gasteiger partial charge in [0, 0.05) is 11.5 Å². The number of carbonyl (C=O) groups is 1. The van der Waals surface area contributed by atoms with Crippen LogP contribution in [0.5, 0.6) is 0 Å². The fourth-order valence-corrected chi connectivity index (χ4v) is 3.50. The Kier molecular flexibility index (Phi) is 3.56. The summed E-state index contributed by atoms with van der Waals surface area (Å²) < 4.78 is 10.8. The average molecular weight is 274 g/mol. The molecule has 0 spiro atoms. The fourth-order valence-electron chi connectivity index (χ4n) is 3.50. The number of ether oxygens (including phenoxy) is 2. The molecule has 108 valence electrons. The Hall–Kier alpha value is -1.53. The molecule has 2 rings (SSSR count). The zero-order valence-electron chi connectivity index (χ0n) is 12.7. The van der Waals surface area contributed by atoms with Crippen molar-refractivity contribution in [3.8, 4) is 12.3 Å². The van der Waals surface area contributed by atoms with Gasteiger partial charge in [-0.3, -0.25) is 0 Å². The third-order valence-corrected chi connectivity index (χ3v) is 4.75. The summed E-state index contributed by atoms with van der Waals surface area (Å²) >= 11 is 0. The normalized spacial score (nSPS) is 35.2. The van der Waals surface area contributed by atoms with Gasteiger partial charge in [-0.25, -0.2) is 4.79 Å². The van der Waals surface area contributed by atoms with Crippen molar-refractivity contribution in [3.05, 3.63) is 23.8 Å². The molecule has 2 fully saturated rings. The third kappa shape index (κ3) is 2.09. The maximum atomic E-state index is 11.7. The molecule has 3 nitrogen and oxygen atoms in total. The van der Waals surface area contributed by atoms with Crippen molar-refractivity contribution in [1.82, 2.24) is 0 Å². The van der Waals surface area contributed by atoms with Crippen LogP contribution in [0.2, 0.25) is 0 Å². The van der Waals surface area contributed by atoms with Gasteiger partial charge >= 0.3 is 5.97 Å². The molecule has 0 N–H and O–H groups in total. The quantitative estimate of drug-likeness (QED) is 0.261. The molecule has 1 aliphatic carbocycles. The van der Waals surface area contributed by atoms with Crippen molar-refractivity contribution in [2.45, 2.75) is 51.2 Å². The van der Waals surface area contributed by atoms with Crippen LogP contribution in [0.1, 0.15) is 40.0 Å². The van der Waals surface area contributed by atoms with Crippen molar-refractivity contribution in [3.63, 3.8) is 0 Å². The van der Waals surface area contributed by atoms with E-state index in [4.69, 9.17) is 15.9 Å². The predicted molar refractivity (Wildman–Crippen MR) is 77.9 cm³/mol. The van der Waals surface area contributed by atoms with Crippen molar-refractivity contribution in [1.29, 1.82) is 0 Å². The molecule has 1 heterocycles. The smallest absolute Gasteiger partial charge is 0.338 e. The van der Waals surface area contributed by atoms with Gasteiger partial charge in [-0.05, 0) is 38.3 Å². The second-order valence-corrected chi connectivity index (χ2v) is 6.40. The highest BCUT2D eigenvalue weighted by molar-refractivity contribution is 5.92. The maximum absolute atomic E-state index is 11.7. The molecule has 0 aromatic rings. The number of methoxy groups -OCH3 is 1. The second kappa shape index (κ2) is 4.79. The Morgan fingerprint density at radius 2 is 2.05 bits per heavy atom. The highest BCUT2D eigenvalue weighted by Crippen LogP contribution is 2.66. The van der Waals surface area contributed by atoms with Gasteiger partial charge in [-0.1, -0.05) is 19.8 Å². The first-order valence-corrected chi connectivity index (χ1v) is 6.96. The summed E-state index contributed by atoms with van der Waals surface area (Å²) in [6, 6.07) is 0. The molecule has 0 radical (unpaired) electrons. The van der Waals surface area contributed by atoms with E-state index in [0.717, 1.165) is 12.8 Å². The predicted octanol–water partition coefficient (Wildman–Crippen LogP) is 3.01. The summed E-state index contributed by atoms with van der Waals surface area (Å²) in [6.45, 7) is 6.57. The molecule has 0 amide bonds. The molecule has 0 bridgehead atoms. The number of hydrogen-bond acceptors (Lipinski definition) is 3. The molecule has 0 unspecified atom stereocenters. The van der Waals surface area contributed by atoms with Crippen molar-refractivity contribution in [2.24, 2.45) is 5.41 Å². The van der Waals surface area contributed by atoms with Crippen molar-refractivity contribution in [2.75, 3.05) is 7.11 Å². The number of hydrogen-bond donors (Lipinski definition) is 0. The molecule has 20 heavy (non-hydrogen) atoms. The lowest BCUT2D eigenvalue weighted by Crippen LogP contribution is -2.41. The summed E-state index contributed by atoms with van der Waals surface area (Å²) in [6.07, 6.45) is 13.7. The molecule has 0 aromatic heterocycles. The van der Waals surface area contributed by atoms with Gasteiger partial charge in [0.15, 0.2) is 0 Å². The van der Waals surface area contributed by atoms with Crippen LogP contribution in [0.4, 0.5) is 0 Å². The van der Waals surface area contributed by atoms with E-state index in [1.807, 2.05) is 6.08 Å². The summed E-state index contributed by atoms with van der Waals surface area (Å²) in [7, 11) is 1.35. The standard InChI is InChI=1S/C17H22O3/c1-6-8-13(14(18)19-5)9-12-17-15(2,3)10-7-11-16(17,4)20-17/h1,8-9,12H,7,10-11H2,2-5H3/b12-9+,13-8-/t16-,17+/m1/s1. The molecule has 1 saturated heterocycles. The molecule has 0 aromatic carbocycles. The topological polar surface area (TPSA) is 38.8 Å². The summed E-state index contributed by atoms with van der Waals surface area (Å²) in [5, 5.41) is 0. The van der Waals surface area contributed by atoms with Crippen LogP contribution < -0.4 is 0 Å². The Balaban J connectivity index is 2.29. The maximum Gasteiger partial charge on any atom is 0.338 e. The van der Waals surface area contributed by atoms with Crippen molar-refractivity contribution >= 4 is 5.97 Å². The lowest BCUT2D eigenvalue weighted by Gasteiger charge is -2.36. The van der Waals surface area contributed by atoms with Crippen LogP contribution in [-0.4, -0.2) is 24.3 Å². The first kappa shape index (κ1) is 14.9. The number of epoxide rings is 1. The minimum Gasteiger partial charge on any atom is -0.465 e. The van der Waals surface area contributed by atoms with E-state index in [2.05, 4.69) is 26.7 Å². The summed E-state index contributed by atoms with van der Waals surface area (Å²) in [5.41, 5.74) is -0.000185. The summed E-state index contributed by atoms with van der Waals surface area (Å²) in [5.74, 6) is 1.95. The Morgan fingerprint density at radius 1 is 1.35 bits per heavy atom. The number of allylic oxidation sites excluding steroid dienone is 1. The molecule has 1 aliphatic heterocycles. The molecule has 2 aliphatic rings. The number of terminal acetylenes is 1. The molecular weight excluding hydrogens is 252 g/mol. The highest BCUT2D eigenvalue weighted by Gasteiger charge is 2.73. The van der Waals surface area contributed by atoms with Gasteiger partial charge in [0.1, 0.15) is 5.60 Å². The SMILES string of the molecule is C#C/C=C(/C=C/[C@@]12O[C@]1(C)CCCC2(C)C)C(=O)OC. The minimum atomic E-state index is -0.424. The zero-order chi connectivity index (χ0) is 15.0. The Bertz CT molecular complexity index is 521. The van der Waals surface area contributed by atoms with E-state index in [0.29, 0.717) is 5.57 Å². The molecular formula is C17H22O3. The molecule has 3 heteroatoms. The molecule has 2 atom stereocenters. The monoisotopic (exact) mass is 274 g/mol. The van der Waals surface area contributed by atoms with Gasteiger partial charge < -0.3 is 9.47 Å². The van der Waals surface area contributed by atoms with E-state index in [9.17, 15) is 4.79 Å². The Labute approximate surface area is 121 Å². The van der Waals surface area contributed by atoms with Crippen LogP contribution in [0.25, 0.3) is 0 Å². The van der Waals surface area contributed by atoms with Crippen molar-refractivity contribution < 1.29 is 14.3 Å². The number of esters is 1. The van der Waals surface area contributed by atoms with E-state index < -0.39 is 5.97 Å². The van der Waals surface area contributed by atoms with E-state index in [1.54, 1.807) is 6.08 Å². The lowest BCUT2D eigenvalue weighted by molar-refractivity contribution is -0.135.